The third kappa shape index (κ3) is 5.00. The van der Waals surface area contributed by atoms with Crippen molar-refractivity contribution in [3.05, 3.63) is 101 Å². The second kappa shape index (κ2) is 9.93. The molecule has 36 heavy (non-hydrogen) atoms. The third-order valence-electron chi connectivity index (χ3n) is 6.43. The molecule has 186 valence electrons. The predicted octanol–water partition coefficient (Wildman–Crippen LogP) is 4.35. The van der Waals surface area contributed by atoms with E-state index in [0.717, 1.165) is 11.0 Å². The van der Waals surface area contributed by atoms with Gasteiger partial charge < -0.3 is 4.90 Å². The largest absolute Gasteiger partial charge is 0.416 e. The van der Waals surface area contributed by atoms with Crippen LogP contribution < -0.4 is 0 Å². The SMILES string of the molecule is CN(Cc1ccccc1C(F)(F)F)C(=O)CC1(c2ccccc2)CC(=O)N(Cc2ccncc2)C1=O. The van der Waals surface area contributed by atoms with Crippen molar-refractivity contribution in [1.82, 2.24) is 14.8 Å². The van der Waals surface area contributed by atoms with Gasteiger partial charge in [-0.2, -0.15) is 13.2 Å². The van der Waals surface area contributed by atoms with Crippen LogP contribution in [0.5, 0.6) is 0 Å². The number of amides is 3. The first kappa shape index (κ1) is 25.1. The number of nitrogens with zero attached hydrogens (tertiary/aromatic N) is 3. The summed E-state index contributed by atoms with van der Waals surface area (Å²) in [6.07, 6.45) is -2.00. The molecule has 9 heteroatoms. The molecule has 1 saturated heterocycles. The van der Waals surface area contributed by atoms with E-state index in [4.69, 9.17) is 0 Å². The summed E-state index contributed by atoms with van der Waals surface area (Å²) < 4.78 is 40.3. The lowest BCUT2D eigenvalue weighted by Gasteiger charge is -2.29. The molecule has 2 heterocycles. The van der Waals surface area contributed by atoms with E-state index < -0.39 is 34.9 Å². The third-order valence-corrected chi connectivity index (χ3v) is 6.43. The average Bonchev–Trinajstić information content (AvgIpc) is 3.09. The highest BCUT2D eigenvalue weighted by Gasteiger charge is 2.54. The van der Waals surface area contributed by atoms with Crippen LogP contribution >= 0.6 is 0 Å². The van der Waals surface area contributed by atoms with E-state index in [2.05, 4.69) is 4.98 Å². The molecule has 1 fully saturated rings. The summed E-state index contributed by atoms with van der Waals surface area (Å²) in [5.74, 6) is -1.46. The average molecular weight is 496 g/mol. The van der Waals surface area contributed by atoms with E-state index in [1.54, 1.807) is 54.9 Å². The van der Waals surface area contributed by atoms with Crippen LogP contribution in [0.3, 0.4) is 0 Å². The van der Waals surface area contributed by atoms with Crippen molar-refractivity contribution < 1.29 is 27.6 Å². The standard InChI is InChI=1S/C27H24F3N3O3/c1-32(18-20-7-5-6-10-22(20)27(28,29)30)23(34)15-26(21-8-3-2-4-9-21)16-24(35)33(25(26)36)17-19-11-13-31-14-12-19/h2-14H,15-18H2,1H3. The number of rotatable bonds is 7. The zero-order valence-corrected chi connectivity index (χ0v) is 19.5. The summed E-state index contributed by atoms with van der Waals surface area (Å²) >= 11 is 0. The Morgan fingerprint density at radius 3 is 2.31 bits per heavy atom. The number of benzene rings is 2. The fraction of sp³-hybridized carbons (Fsp3) is 0.259. The van der Waals surface area contributed by atoms with E-state index in [0.29, 0.717) is 11.1 Å². The Bertz CT molecular complexity index is 1270. The Morgan fingerprint density at radius 1 is 1.00 bits per heavy atom. The molecule has 0 spiro atoms. The number of hydrogen-bond acceptors (Lipinski definition) is 4. The molecule has 3 aromatic rings. The van der Waals surface area contributed by atoms with E-state index in [1.807, 2.05) is 0 Å². The number of carbonyl (C=O) groups excluding carboxylic acids is 3. The lowest BCUT2D eigenvalue weighted by Crippen LogP contribution is -2.42. The smallest absolute Gasteiger partial charge is 0.341 e. The zero-order chi connectivity index (χ0) is 25.9. The zero-order valence-electron chi connectivity index (χ0n) is 19.5. The van der Waals surface area contributed by atoms with Crippen molar-refractivity contribution in [2.45, 2.75) is 37.5 Å². The van der Waals surface area contributed by atoms with Crippen LogP contribution in [0.2, 0.25) is 0 Å². The maximum absolute atomic E-state index is 13.7. The molecule has 3 amide bonds. The van der Waals surface area contributed by atoms with Gasteiger partial charge in [0, 0.05) is 38.8 Å². The highest BCUT2D eigenvalue weighted by Crippen LogP contribution is 2.41. The van der Waals surface area contributed by atoms with Crippen LogP contribution in [0.25, 0.3) is 0 Å². The van der Waals surface area contributed by atoms with E-state index in [-0.39, 0.29) is 31.5 Å². The number of aromatic nitrogens is 1. The Kier molecular flexibility index (Phi) is 6.92. The fourth-order valence-corrected chi connectivity index (χ4v) is 4.53. The maximum atomic E-state index is 13.7. The molecule has 6 nitrogen and oxygen atoms in total. The van der Waals surface area contributed by atoms with Gasteiger partial charge in [-0.3, -0.25) is 24.3 Å². The van der Waals surface area contributed by atoms with Gasteiger partial charge in [0.15, 0.2) is 0 Å². The fourth-order valence-electron chi connectivity index (χ4n) is 4.53. The summed E-state index contributed by atoms with van der Waals surface area (Å²) in [5, 5.41) is 0. The second-order valence-electron chi connectivity index (χ2n) is 8.85. The minimum absolute atomic E-state index is 0.0394. The van der Waals surface area contributed by atoms with Crippen molar-refractivity contribution in [1.29, 1.82) is 0 Å². The van der Waals surface area contributed by atoms with Crippen LogP contribution in [0.4, 0.5) is 13.2 Å². The van der Waals surface area contributed by atoms with Gasteiger partial charge in [-0.25, -0.2) is 0 Å². The first-order chi connectivity index (χ1) is 17.1. The first-order valence-corrected chi connectivity index (χ1v) is 11.3. The van der Waals surface area contributed by atoms with Crippen LogP contribution in [0.15, 0.2) is 79.1 Å². The number of halogens is 3. The Labute approximate surface area is 206 Å². The molecule has 0 aliphatic carbocycles. The van der Waals surface area contributed by atoms with Gasteiger partial charge >= 0.3 is 6.18 Å². The quantitative estimate of drug-likeness (QED) is 0.457. The molecular weight excluding hydrogens is 471 g/mol. The van der Waals surface area contributed by atoms with Crippen molar-refractivity contribution in [3.63, 3.8) is 0 Å². The van der Waals surface area contributed by atoms with Gasteiger partial charge in [0.1, 0.15) is 0 Å². The van der Waals surface area contributed by atoms with Gasteiger partial charge in [-0.05, 0) is 34.9 Å². The molecule has 1 unspecified atom stereocenters. The molecule has 1 aromatic heterocycles. The number of alkyl halides is 3. The molecule has 1 aliphatic rings. The molecule has 0 saturated carbocycles. The second-order valence-corrected chi connectivity index (χ2v) is 8.85. The molecule has 1 atom stereocenters. The summed E-state index contributed by atoms with van der Waals surface area (Å²) in [6.45, 7) is -0.250. The lowest BCUT2D eigenvalue weighted by molar-refractivity contribution is -0.143. The molecule has 0 bridgehead atoms. The van der Waals surface area contributed by atoms with Crippen LogP contribution in [0.1, 0.15) is 35.1 Å². The highest BCUT2D eigenvalue weighted by molar-refractivity contribution is 6.10. The van der Waals surface area contributed by atoms with E-state index in [9.17, 15) is 27.6 Å². The number of hydrogen-bond donors (Lipinski definition) is 0. The minimum Gasteiger partial charge on any atom is -0.341 e. The van der Waals surface area contributed by atoms with Crippen molar-refractivity contribution in [2.24, 2.45) is 0 Å². The molecular formula is C27H24F3N3O3. The van der Waals surface area contributed by atoms with Gasteiger partial charge in [-0.15, -0.1) is 0 Å². The van der Waals surface area contributed by atoms with E-state index >= 15 is 0 Å². The van der Waals surface area contributed by atoms with Gasteiger partial charge in [0.25, 0.3) is 0 Å². The number of pyridine rings is 1. The Balaban J connectivity index is 1.62. The van der Waals surface area contributed by atoms with Crippen molar-refractivity contribution >= 4 is 17.7 Å². The summed E-state index contributed by atoms with van der Waals surface area (Å²) in [6, 6.07) is 17.0. The van der Waals surface area contributed by atoms with Gasteiger partial charge in [0.05, 0.1) is 17.5 Å². The van der Waals surface area contributed by atoms with Crippen LogP contribution in [-0.4, -0.2) is 39.6 Å². The highest BCUT2D eigenvalue weighted by atomic mass is 19.4. The van der Waals surface area contributed by atoms with Gasteiger partial charge in [-0.1, -0.05) is 48.5 Å². The topological polar surface area (TPSA) is 70.6 Å². The van der Waals surface area contributed by atoms with Gasteiger partial charge in [0.2, 0.25) is 17.7 Å². The maximum Gasteiger partial charge on any atom is 0.416 e. The van der Waals surface area contributed by atoms with Crippen molar-refractivity contribution in [3.8, 4) is 0 Å². The number of carbonyl (C=O) groups is 3. The molecule has 4 rings (SSSR count). The lowest BCUT2D eigenvalue weighted by atomic mass is 9.75. The van der Waals surface area contributed by atoms with Crippen LogP contribution in [-0.2, 0) is 39.1 Å². The van der Waals surface area contributed by atoms with Crippen LogP contribution in [0, 0.1) is 0 Å². The van der Waals surface area contributed by atoms with Crippen molar-refractivity contribution in [2.75, 3.05) is 7.05 Å². The number of likely N-dealkylation sites (tertiary alicyclic amines) is 1. The summed E-state index contributed by atoms with van der Waals surface area (Å²) in [4.78, 5) is 46.3. The minimum atomic E-state index is -4.56. The molecule has 0 radical (unpaired) electrons. The first-order valence-electron chi connectivity index (χ1n) is 11.3. The molecule has 0 N–H and O–H groups in total. The normalized spacial score (nSPS) is 17.9. The molecule has 2 aromatic carbocycles. The summed E-state index contributed by atoms with van der Waals surface area (Å²) in [5.41, 5.74) is -1.10. The number of imide groups is 1. The Morgan fingerprint density at radius 2 is 1.64 bits per heavy atom. The van der Waals surface area contributed by atoms with E-state index in [1.165, 1.54) is 30.1 Å². The predicted molar refractivity (Wildman–Crippen MR) is 125 cm³/mol. The summed E-state index contributed by atoms with van der Waals surface area (Å²) in [7, 11) is 1.39. The Hall–Kier alpha value is -4.01. The molecule has 1 aliphatic heterocycles. The monoisotopic (exact) mass is 495 g/mol.